The van der Waals surface area contributed by atoms with Crippen LogP contribution in [0, 0.1) is 5.92 Å². The predicted molar refractivity (Wildman–Crippen MR) is 122 cm³/mol. The number of rotatable bonds is 7. The van der Waals surface area contributed by atoms with Gasteiger partial charge in [-0.2, -0.15) is 0 Å². The molecule has 0 aliphatic carbocycles. The summed E-state index contributed by atoms with van der Waals surface area (Å²) in [5.41, 5.74) is 8.38. The van der Waals surface area contributed by atoms with E-state index in [1.165, 1.54) is 0 Å². The molecule has 1 fully saturated rings. The lowest BCUT2D eigenvalue weighted by Gasteiger charge is -2.20. The van der Waals surface area contributed by atoms with Crippen molar-refractivity contribution in [3.63, 3.8) is 0 Å². The maximum Gasteiger partial charge on any atom is 0.274 e. The molecule has 1 saturated heterocycles. The van der Waals surface area contributed by atoms with Gasteiger partial charge in [0.1, 0.15) is 17.0 Å². The van der Waals surface area contributed by atoms with Crippen molar-refractivity contribution in [2.45, 2.75) is 38.6 Å². The van der Waals surface area contributed by atoms with E-state index >= 15 is 0 Å². The summed E-state index contributed by atoms with van der Waals surface area (Å²) in [5.74, 6) is 0.307. The maximum atomic E-state index is 13.1. The van der Waals surface area contributed by atoms with Crippen molar-refractivity contribution in [3.8, 4) is 0 Å². The molecule has 4 rings (SSSR count). The van der Waals surface area contributed by atoms with Crippen molar-refractivity contribution in [3.05, 3.63) is 65.9 Å². The first-order valence-electron chi connectivity index (χ1n) is 11.1. The monoisotopic (exact) mass is 434 g/mol. The van der Waals surface area contributed by atoms with E-state index in [4.69, 9.17) is 5.73 Å². The summed E-state index contributed by atoms with van der Waals surface area (Å²) >= 11 is 0. The van der Waals surface area contributed by atoms with Gasteiger partial charge >= 0.3 is 0 Å². The van der Waals surface area contributed by atoms with Crippen molar-refractivity contribution < 1.29 is 9.59 Å². The molecule has 0 saturated carbocycles. The fourth-order valence-electron chi connectivity index (χ4n) is 4.26. The number of carbonyl (C=O) groups is 2. The molecule has 32 heavy (non-hydrogen) atoms. The van der Waals surface area contributed by atoms with E-state index in [-0.39, 0.29) is 23.8 Å². The molecule has 0 bridgehead atoms. The highest BCUT2D eigenvalue weighted by molar-refractivity contribution is 5.95. The summed E-state index contributed by atoms with van der Waals surface area (Å²) in [5, 5.41) is 3.07. The number of pyridine rings is 2. The van der Waals surface area contributed by atoms with Crippen molar-refractivity contribution in [1.82, 2.24) is 24.6 Å². The highest BCUT2D eigenvalue weighted by Gasteiger charge is 2.26. The molecule has 2 atom stereocenters. The van der Waals surface area contributed by atoms with Gasteiger partial charge in [0.2, 0.25) is 0 Å². The number of nitrogens with zero attached hydrogens (tertiary/aromatic N) is 4. The molecule has 3 N–H and O–H groups in total. The van der Waals surface area contributed by atoms with E-state index in [0.29, 0.717) is 42.6 Å². The van der Waals surface area contributed by atoms with Gasteiger partial charge in [0, 0.05) is 50.2 Å². The number of fused-ring (bicyclic) bond motifs is 1. The lowest BCUT2D eigenvalue weighted by atomic mass is 9.91. The number of nitrogens with two attached hydrogens (primary N) is 1. The lowest BCUT2D eigenvalue weighted by Crippen LogP contribution is -2.32. The summed E-state index contributed by atoms with van der Waals surface area (Å²) in [6.07, 6.45) is 6.99. The third-order valence-electron chi connectivity index (χ3n) is 5.88. The molecular formula is C24H30N6O2. The van der Waals surface area contributed by atoms with Crippen LogP contribution in [0.5, 0.6) is 0 Å². The van der Waals surface area contributed by atoms with Gasteiger partial charge in [0.15, 0.2) is 0 Å². The number of hydrogen-bond donors (Lipinski definition) is 2. The molecule has 8 nitrogen and oxygen atoms in total. The fraction of sp³-hybridized carbons (Fsp3) is 0.417. The second-order valence-corrected chi connectivity index (χ2v) is 8.89. The number of carbonyl (C=O) groups excluding carboxylic acids is 2. The summed E-state index contributed by atoms with van der Waals surface area (Å²) < 4.78 is 1.68. The highest BCUT2D eigenvalue weighted by Crippen LogP contribution is 2.22. The second kappa shape index (κ2) is 9.48. The van der Waals surface area contributed by atoms with Gasteiger partial charge in [-0.3, -0.25) is 19.0 Å². The Labute approximate surface area is 187 Å². The largest absolute Gasteiger partial charge is 0.350 e. The molecule has 0 radical (unpaired) electrons. The van der Waals surface area contributed by atoms with E-state index in [1.807, 2.05) is 18.3 Å². The predicted octanol–water partition coefficient (Wildman–Crippen LogP) is 2.46. The van der Waals surface area contributed by atoms with E-state index in [2.05, 4.69) is 29.1 Å². The molecule has 2 amide bonds. The van der Waals surface area contributed by atoms with Gasteiger partial charge < -0.3 is 16.0 Å². The molecule has 4 heterocycles. The molecule has 2 unspecified atom stereocenters. The quantitative estimate of drug-likeness (QED) is 0.594. The normalized spacial score (nSPS) is 17.1. The third-order valence-corrected chi connectivity index (χ3v) is 5.88. The van der Waals surface area contributed by atoms with Crippen LogP contribution < -0.4 is 11.1 Å². The zero-order valence-corrected chi connectivity index (χ0v) is 18.6. The number of aromatic nitrogens is 3. The molecule has 8 heteroatoms. The van der Waals surface area contributed by atoms with Crippen LogP contribution in [0.3, 0.4) is 0 Å². The third kappa shape index (κ3) is 4.80. The van der Waals surface area contributed by atoms with Crippen molar-refractivity contribution in [2.75, 3.05) is 19.6 Å². The molecule has 0 spiro atoms. The first kappa shape index (κ1) is 22.0. The van der Waals surface area contributed by atoms with E-state index < -0.39 is 0 Å². The molecular weight excluding hydrogens is 404 g/mol. The smallest absolute Gasteiger partial charge is 0.274 e. The van der Waals surface area contributed by atoms with Crippen LogP contribution in [0.1, 0.15) is 59.1 Å². The van der Waals surface area contributed by atoms with Crippen LogP contribution in [0.25, 0.3) is 5.65 Å². The molecule has 1 aliphatic rings. The summed E-state index contributed by atoms with van der Waals surface area (Å²) in [7, 11) is 0. The van der Waals surface area contributed by atoms with Gasteiger partial charge in [-0.15, -0.1) is 0 Å². The van der Waals surface area contributed by atoms with E-state index in [1.54, 1.807) is 39.9 Å². The Morgan fingerprint density at radius 2 is 2.09 bits per heavy atom. The molecule has 3 aromatic rings. The Hall–Kier alpha value is -3.26. The Morgan fingerprint density at radius 1 is 1.25 bits per heavy atom. The molecule has 3 aromatic heterocycles. The minimum absolute atomic E-state index is 0.0101. The number of hydrogen-bond acceptors (Lipinski definition) is 5. The van der Waals surface area contributed by atoms with Crippen LogP contribution in [0.4, 0.5) is 0 Å². The Morgan fingerprint density at radius 3 is 2.78 bits per heavy atom. The van der Waals surface area contributed by atoms with Crippen LogP contribution in [0.2, 0.25) is 0 Å². The SMILES string of the molecule is CC(C)CC(CNC(=O)c1cccc2nc(C(=O)N3CCC(N)C3)cn12)c1cccnc1. The summed E-state index contributed by atoms with van der Waals surface area (Å²) in [4.78, 5) is 36.3. The number of amides is 2. The zero-order valence-electron chi connectivity index (χ0n) is 18.6. The van der Waals surface area contributed by atoms with Crippen molar-refractivity contribution in [1.29, 1.82) is 0 Å². The van der Waals surface area contributed by atoms with Gasteiger partial charge in [0.25, 0.3) is 11.8 Å². The summed E-state index contributed by atoms with van der Waals surface area (Å²) in [6, 6.07) is 9.29. The first-order chi connectivity index (χ1) is 15.4. The maximum absolute atomic E-state index is 13.1. The van der Waals surface area contributed by atoms with E-state index in [9.17, 15) is 9.59 Å². The Kier molecular flexibility index (Phi) is 6.50. The van der Waals surface area contributed by atoms with Crippen LogP contribution >= 0.6 is 0 Å². The van der Waals surface area contributed by atoms with Gasteiger partial charge in [-0.05, 0) is 42.5 Å². The lowest BCUT2D eigenvalue weighted by molar-refractivity contribution is 0.0785. The van der Waals surface area contributed by atoms with Gasteiger partial charge in [-0.1, -0.05) is 26.0 Å². The highest BCUT2D eigenvalue weighted by atomic mass is 16.2. The number of likely N-dealkylation sites (tertiary alicyclic amines) is 1. The van der Waals surface area contributed by atoms with Crippen LogP contribution in [-0.2, 0) is 0 Å². The minimum Gasteiger partial charge on any atom is -0.350 e. The molecule has 1 aliphatic heterocycles. The Balaban J connectivity index is 1.51. The van der Waals surface area contributed by atoms with Gasteiger partial charge in [-0.25, -0.2) is 4.98 Å². The molecule has 0 aromatic carbocycles. The number of imidazole rings is 1. The Bertz CT molecular complexity index is 1090. The fourth-order valence-corrected chi connectivity index (χ4v) is 4.26. The van der Waals surface area contributed by atoms with Gasteiger partial charge in [0.05, 0.1) is 0 Å². The summed E-state index contributed by atoms with van der Waals surface area (Å²) in [6.45, 7) is 6.01. The van der Waals surface area contributed by atoms with Crippen molar-refractivity contribution >= 4 is 17.5 Å². The zero-order chi connectivity index (χ0) is 22.7. The minimum atomic E-state index is -0.201. The van der Waals surface area contributed by atoms with Crippen molar-refractivity contribution in [2.24, 2.45) is 11.7 Å². The molecule has 168 valence electrons. The van der Waals surface area contributed by atoms with E-state index in [0.717, 1.165) is 18.4 Å². The topological polar surface area (TPSA) is 106 Å². The average Bonchev–Trinajstić information content (AvgIpc) is 3.42. The first-order valence-corrected chi connectivity index (χ1v) is 11.1. The van der Waals surface area contributed by atoms with Crippen LogP contribution in [-0.4, -0.2) is 56.8 Å². The standard InChI is InChI=1S/C24H30N6O2/c1-16(2)11-18(17-5-4-9-26-12-17)13-27-23(31)21-6-3-7-22-28-20(15-30(21)22)24(32)29-10-8-19(25)14-29/h3-7,9,12,15-16,18-19H,8,10-11,13-14,25H2,1-2H3,(H,27,31). The number of nitrogens with one attached hydrogen (secondary N) is 1. The average molecular weight is 435 g/mol. The van der Waals surface area contributed by atoms with Crippen LogP contribution in [0.15, 0.2) is 48.9 Å². The second-order valence-electron chi connectivity index (χ2n) is 8.89.